The van der Waals surface area contributed by atoms with Crippen molar-refractivity contribution in [2.75, 3.05) is 30.7 Å². The van der Waals surface area contributed by atoms with Gasteiger partial charge in [0.2, 0.25) is 15.9 Å². The molecule has 0 aliphatic carbocycles. The first-order valence-electron chi connectivity index (χ1n) is 7.00. The smallest absolute Gasteiger partial charge is 0.340 e. The van der Waals surface area contributed by atoms with Crippen molar-refractivity contribution >= 4 is 33.5 Å². The lowest BCUT2D eigenvalue weighted by atomic mass is 10.2. The van der Waals surface area contributed by atoms with Gasteiger partial charge in [-0.05, 0) is 19.1 Å². The minimum atomic E-state index is -3.57. The Kier molecular flexibility index (Phi) is 7.18. The Labute approximate surface area is 139 Å². The molecule has 10 heteroatoms. The summed E-state index contributed by atoms with van der Waals surface area (Å²) in [5, 5.41) is 4.78. The summed E-state index contributed by atoms with van der Waals surface area (Å²) in [5.41, 5.74) is 0.0205. The zero-order valence-corrected chi connectivity index (χ0v) is 14.1. The summed E-state index contributed by atoms with van der Waals surface area (Å²) < 4.78 is 29.6. The average Bonchev–Trinajstić information content (AvgIpc) is 2.50. The fraction of sp³-hybridized carbons (Fsp3) is 0.357. The van der Waals surface area contributed by atoms with E-state index >= 15 is 0 Å². The van der Waals surface area contributed by atoms with Crippen LogP contribution in [0.25, 0.3) is 0 Å². The quantitative estimate of drug-likeness (QED) is 0.536. The summed E-state index contributed by atoms with van der Waals surface area (Å²) in [6, 6.07) is 5.83. The van der Waals surface area contributed by atoms with Gasteiger partial charge in [0.25, 0.3) is 5.91 Å². The molecule has 0 saturated carbocycles. The Hall–Kier alpha value is -2.62. The Morgan fingerprint density at radius 3 is 2.38 bits per heavy atom. The van der Waals surface area contributed by atoms with Gasteiger partial charge in [0.05, 0.1) is 24.1 Å². The van der Waals surface area contributed by atoms with Gasteiger partial charge in [-0.3, -0.25) is 14.3 Å². The number of sulfonamides is 1. The minimum Gasteiger partial charge on any atom is -0.452 e. The number of amides is 2. The number of nitrogens with one attached hydrogen (secondary N) is 3. The Morgan fingerprint density at radius 1 is 1.08 bits per heavy atom. The van der Waals surface area contributed by atoms with Crippen LogP contribution >= 0.6 is 0 Å². The van der Waals surface area contributed by atoms with Crippen LogP contribution in [0.3, 0.4) is 0 Å². The number of para-hydroxylation sites is 1. The van der Waals surface area contributed by atoms with Crippen LogP contribution in [-0.4, -0.2) is 52.2 Å². The monoisotopic (exact) mass is 357 g/mol. The molecule has 132 valence electrons. The number of hydrogen-bond acceptors (Lipinski definition) is 6. The highest BCUT2D eigenvalue weighted by Gasteiger charge is 2.16. The molecule has 1 rings (SSSR count). The second-order valence-electron chi connectivity index (χ2n) is 4.73. The van der Waals surface area contributed by atoms with Crippen LogP contribution in [0.15, 0.2) is 24.3 Å². The third-order valence-corrected chi connectivity index (χ3v) is 3.19. The highest BCUT2D eigenvalue weighted by molar-refractivity contribution is 7.92. The first kappa shape index (κ1) is 19.4. The van der Waals surface area contributed by atoms with Crippen molar-refractivity contribution in [3.8, 4) is 0 Å². The van der Waals surface area contributed by atoms with Crippen molar-refractivity contribution in [2.24, 2.45) is 0 Å². The van der Waals surface area contributed by atoms with Gasteiger partial charge in [-0.1, -0.05) is 12.1 Å². The van der Waals surface area contributed by atoms with Crippen LogP contribution in [0.2, 0.25) is 0 Å². The van der Waals surface area contributed by atoms with E-state index in [4.69, 9.17) is 4.74 Å². The van der Waals surface area contributed by atoms with Crippen molar-refractivity contribution in [1.82, 2.24) is 10.6 Å². The third kappa shape index (κ3) is 7.09. The summed E-state index contributed by atoms with van der Waals surface area (Å²) in [6.45, 7) is 1.36. The van der Waals surface area contributed by atoms with Crippen LogP contribution in [0.1, 0.15) is 17.3 Å². The zero-order chi connectivity index (χ0) is 18.2. The lowest BCUT2D eigenvalue weighted by Crippen LogP contribution is -2.38. The van der Waals surface area contributed by atoms with Crippen molar-refractivity contribution in [3.05, 3.63) is 29.8 Å². The fourth-order valence-corrected chi connectivity index (χ4v) is 2.23. The molecule has 0 unspecified atom stereocenters. The van der Waals surface area contributed by atoms with E-state index in [1.807, 2.05) is 0 Å². The van der Waals surface area contributed by atoms with E-state index in [1.54, 1.807) is 13.0 Å². The maximum absolute atomic E-state index is 12.0. The first-order chi connectivity index (χ1) is 11.2. The minimum absolute atomic E-state index is 0.0283. The first-order valence-corrected chi connectivity index (χ1v) is 8.89. The standard InChI is InChI=1S/C14H19N3O6S/c1-3-15-12(18)8-16-13(19)9-23-14(20)10-6-4-5-7-11(10)17-24(2,21)22/h4-7,17H,3,8-9H2,1-2H3,(H,15,18)(H,16,19). The Morgan fingerprint density at radius 2 is 1.75 bits per heavy atom. The molecular weight excluding hydrogens is 338 g/mol. The molecule has 0 fully saturated rings. The van der Waals surface area contributed by atoms with Gasteiger partial charge in [0.15, 0.2) is 6.61 Å². The highest BCUT2D eigenvalue weighted by atomic mass is 32.2. The van der Waals surface area contributed by atoms with Crippen molar-refractivity contribution in [2.45, 2.75) is 6.92 Å². The maximum atomic E-state index is 12.0. The van der Waals surface area contributed by atoms with Gasteiger partial charge in [-0.25, -0.2) is 13.2 Å². The van der Waals surface area contributed by atoms with E-state index in [0.29, 0.717) is 6.54 Å². The van der Waals surface area contributed by atoms with E-state index in [2.05, 4.69) is 15.4 Å². The molecule has 0 aliphatic rings. The van der Waals surface area contributed by atoms with Crippen LogP contribution < -0.4 is 15.4 Å². The molecule has 1 aromatic carbocycles. The lowest BCUT2D eigenvalue weighted by Gasteiger charge is -2.10. The van der Waals surface area contributed by atoms with Gasteiger partial charge >= 0.3 is 5.97 Å². The number of anilines is 1. The number of rotatable bonds is 8. The SMILES string of the molecule is CCNC(=O)CNC(=O)COC(=O)c1ccccc1NS(C)(=O)=O. The summed E-state index contributed by atoms with van der Waals surface area (Å²) in [4.78, 5) is 34.7. The summed E-state index contributed by atoms with van der Waals surface area (Å²) >= 11 is 0. The summed E-state index contributed by atoms with van der Waals surface area (Å²) in [5.74, 6) is -1.88. The van der Waals surface area contributed by atoms with E-state index < -0.39 is 28.5 Å². The second-order valence-corrected chi connectivity index (χ2v) is 6.47. The number of benzene rings is 1. The van der Waals surface area contributed by atoms with E-state index in [0.717, 1.165) is 6.26 Å². The molecule has 0 saturated heterocycles. The van der Waals surface area contributed by atoms with Crippen molar-refractivity contribution in [3.63, 3.8) is 0 Å². The molecule has 0 atom stereocenters. The molecule has 0 heterocycles. The molecular formula is C14H19N3O6S. The summed E-state index contributed by atoms with van der Waals surface area (Å²) in [7, 11) is -3.57. The van der Waals surface area contributed by atoms with E-state index in [1.165, 1.54) is 18.2 Å². The average molecular weight is 357 g/mol. The number of ether oxygens (including phenoxy) is 1. The van der Waals surface area contributed by atoms with Gasteiger partial charge in [0.1, 0.15) is 0 Å². The van der Waals surface area contributed by atoms with Gasteiger partial charge in [-0.15, -0.1) is 0 Å². The van der Waals surface area contributed by atoms with Crippen LogP contribution in [0.4, 0.5) is 5.69 Å². The van der Waals surface area contributed by atoms with Crippen LogP contribution in [0, 0.1) is 0 Å². The third-order valence-electron chi connectivity index (χ3n) is 2.60. The molecule has 9 nitrogen and oxygen atoms in total. The van der Waals surface area contributed by atoms with Gasteiger partial charge in [-0.2, -0.15) is 0 Å². The number of likely N-dealkylation sites (N-methyl/N-ethyl adjacent to an activating group) is 1. The topological polar surface area (TPSA) is 131 Å². The molecule has 0 aliphatic heterocycles. The molecule has 0 spiro atoms. The molecule has 0 radical (unpaired) electrons. The van der Waals surface area contributed by atoms with E-state index in [9.17, 15) is 22.8 Å². The second kappa shape index (κ2) is 8.87. The largest absolute Gasteiger partial charge is 0.452 e. The normalized spacial score (nSPS) is 10.6. The highest BCUT2D eigenvalue weighted by Crippen LogP contribution is 2.17. The number of hydrogen-bond donors (Lipinski definition) is 3. The molecule has 24 heavy (non-hydrogen) atoms. The molecule has 2 amide bonds. The van der Waals surface area contributed by atoms with Crippen LogP contribution in [-0.2, 0) is 24.3 Å². The molecule has 1 aromatic rings. The Bertz CT molecular complexity index is 717. The lowest BCUT2D eigenvalue weighted by molar-refractivity contribution is -0.127. The molecule has 3 N–H and O–H groups in total. The van der Waals surface area contributed by atoms with Gasteiger partial charge < -0.3 is 15.4 Å². The number of carbonyl (C=O) groups excluding carboxylic acids is 3. The predicted octanol–water partition coefficient (Wildman–Crippen LogP) is -0.533. The van der Waals surface area contributed by atoms with Crippen molar-refractivity contribution < 1.29 is 27.5 Å². The zero-order valence-electron chi connectivity index (χ0n) is 13.3. The van der Waals surface area contributed by atoms with Crippen molar-refractivity contribution in [1.29, 1.82) is 0 Å². The predicted molar refractivity (Wildman–Crippen MR) is 86.9 cm³/mol. The number of esters is 1. The molecule has 0 bridgehead atoms. The molecule has 0 aromatic heterocycles. The van der Waals surface area contributed by atoms with Crippen LogP contribution in [0.5, 0.6) is 0 Å². The fourth-order valence-electron chi connectivity index (χ4n) is 1.65. The van der Waals surface area contributed by atoms with E-state index in [-0.39, 0.29) is 23.7 Å². The number of carbonyl (C=O) groups is 3. The summed E-state index contributed by atoms with van der Waals surface area (Å²) in [6.07, 6.45) is 0.948. The maximum Gasteiger partial charge on any atom is 0.340 e. The Balaban J connectivity index is 2.60. The van der Waals surface area contributed by atoms with Gasteiger partial charge in [0, 0.05) is 6.54 Å².